The Morgan fingerprint density at radius 3 is 2.74 bits per heavy atom. The van der Waals surface area contributed by atoms with Gasteiger partial charge in [0.05, 0.1) is 40.6 Å². The highest BCUT2D eigenvalue weighted by Crippen LogP contribution is 2.33. The van der Waals surface area contributed by atoms with E-state index in [1.54, 1.807) is 48.4 Å². The summed E-state index contributed by atoms with van der Waals surface area (Å²) in [5, 5.41) is 9.48. The molecule has 4 heterocycles. The molecule has 1 aromatic carbocycles. The number of fused-ring (bicyclic) bond motifs is 2. The Morgan fingerprint density at radius 2 is 1.97 bits per heavy atom. The summed E-state index contributed by atoms with van der Waals surface area (Å²) in [6.07, 6.45) is 7.65. The number of anilines is 1. The summed E-state index contributed by atoms with van der Waals surface area (Å²) in [5.41, 5.74) is 3.34. The number of halogens is 2. The number of pyridine rings is 1. The molecule has 0 atom stereocenters. The second-order valence-corrected chi connectivity index (χ2v) is 9.21. The van der Waals surface area contributed by atoms with E-state index >= 15 is 0 Å². The van der Waals surface area contributed by atoms with Gasteiger partial charge in [-0.15, -0.1) is 0 Å². The van der Waals surface area contributed by atoms with Crippen molar-refractivity contribution in [3.63, 3.8) is 0 Å². The van der Waals surface area contributed by atoms with Gasteiger partial charge < -0.3 is 4.74 Å². The Morgan fingerprint density at radius 1 is 1.15 bits per heavy atom. The smallest absolute Gasteiger partial charge is 0.387 e. The number of nitrogens with one attached hydrogen (secondary N) is 1. The second kappa shape index (κ2) is 8.02. The third-order valence-corrected chi connectivity index (χ3v) is 5.62. The molecule has 0 aliphatic rings. The molecule has 5 aromatic rings. The molecule has 0 unspecified atom stereocenters. The summed E-state index contributed by atoms with van der Waals surface area (Å²) in [4.78, 5) is 8.87. The summed E-state index contributed by atoms with van der Waals surface area (Å²) in [5.74, 6) is -0.246. The quantitative estimate of drug-likeness (QED) is 0.392. The van der Waals surface area contributed by atoms with Gasteiger partial charge in [-0.25, -0.2) is 22.6 Å². The maximum atomic E-state index is 13.2. The number of alkyl halides is 2. The third kappa shape index (κ3) is 4.01. The van der Waals surface area contributed by atoms with Gasteiger partial charge in [0.25, 0.3) is 0 Å². The Kier molecular flexibility index (Phi) is 5.12. The van der Waals surface area contributed by atoms with Crippen LogP contribution in [0.25, 0.3) is 33.5 Å². The third-order valence-electron chi connectivity index (χ3n) is 5.01. The van der Waals surface area contributed by atoms with Crippen molar-refractivity contribution in [3.05, 3.63) is 60.8 Å². The van der Waals surface area contributed by atoms with E-state index in [9.17, 15) is 17.2 Å². The molecule has 4 aromatic heterocycles. The molecule has 10 nitrogen and oxygen atoms in total. The number of benzene rings is 1. The highest BCUT2D eigenvalue weighted by atomic mass is 32.2. The van der Waals surface area contributed by atoms with Gasteiger partial charge in [0.1, 0.15) is 5.69 Å². The zero-order chi connectivity index (χ0) is 24.0. The van der Waals surface area contributed by atoms with Crippen LogP contribution in [0, 0.1) is 6.92 Å². The number of aromatic nitrogens is 6. The average Bonchev–Trinajstić information content (AvgIpc) is 3.33. The molecule has 174 valence electrons. The van der Waals surface area contributed by atoms with Crippen LogP contribution < -0.4 is 9.46 Å². The number of hydrogen-bond acceptors (Lipinski definition) is 7. The van der Waals surface area contributed by atoms with Gasteiger partial charge in [0.2, 0.25) is 10.0 Å². The predicted molar refractivity (Wildman–Crippen MR) is 121 cm³/mol. The lowest BCUT2D eigenvalue weighted by Gasteiger charge is -2.14. The summed E-state index contributed by atoms with van der Waals surface area (Å²) >= 11 is 0. The predicted octanol–water partition coefficient (Wildman–Crippen LogP) is 3.41. The van der Waals surface area contributed by atoms with Crippen molar-refractivity contribution in [2.45, 2.75) is 13.5 Å². The van der Waals surface area contributed by atoms with Gasteiger partial charge in [0.15, 0.2) is 11.4 Å². The molecule has 13 heteroatoms. The average molecular weight is 485 g/mol. The van der Waals surface area contributed by atoms with Gasteiger partial charge in [0, 0.05) is 30.0 Å². The zero-order valence-corrected chi connectivity index (χ0v) is 18.7. The molecule has 1 N–H and O–H groups in total. The SMILES string of the molecule is Cc1nn(-c2ccc(NS(C)(=O)=O)cc2OC(F)F)c2cc(-c3cnn4cccnc34)ncc12. The van der Waals surface area contributed by atoms with Crippen molar-refractivity contribution >= 4 is 32.3 Å². The molecule has 0 fully saturated rings. The first-order valence-corrected chi connectivity index (χ1v) is 11.8. The van der Waals surface area contributed by atoms with E-state index in [-0.39, 0.29) is 17.1 Å². The summed E-state index contributed by atoms with van der Waals surface area (Å²) in [6.45, 7) is -1.36. The van der Waals surface area contributed by atoms with Crippen LogP contribution in [-0.2, 0) is 10.0 Å². The van der Waals surface area contributed by atoms with Gasteiger partial charge in [-0.05, 0) is 31.2 Å². The molecule has 0 spiro atoms. The Balaban J connectivity index is 1.68. The molecular formula is C21H17F2N7O3S. The van der Waals surface area contributed by atoms with Crippen LogP contribution in [0.2, 0.25) is 0 Å². The van der Waals surface area contributed by atoms with Crippen LogP contribution in [0.15, 0.2) is 55.1 Å². The van der Waals surface area contributed by atoms with Crippen molar-refractivity contribution in [1.82, 2.24) is 29.4 Å². The van der Waals surface area contributed by atoms with Crippen LogP contribution in [0.3, 0.4) is 0 Å². The highest BCUT2D eigenvalue weighted by Gasteiger charge is 2.19. The van der Waals surface area contributed by atoms with Crippen molar-refractivity contribution in [2.24, 2.45) is 0 Å². The first-order valence-electron chi connectivity index (χ1n) is 9.91. The molecule has 0 aliphatic heterocycles. The van der Waals surface area contributed by atoms with Crippen LogP contribution in [0.1, 0.15) is 5.69 Å². The number of hydrogen-bond donors (Lipinski definition) is 1. The maximum absolute atomic E-state index is 13.2. The summed E-state index contributed by atoms with van der Waals surface area (Å²) in [6, 6.07) is 7.59. The fourth-order valence-electron chi connectivity index (χ4n) is 3.65. The first kappa shape index (κ1) is 21.7. The van der Waals surface area contributed by atoms with E-state index in [0.29, 0.717) is 33.5 Å². The molecule has 0 aliphatic carbocycles. The zero-order valence-electron chi connectivity index (χ0n) is 17.8. The van der Waals surface area contributed by atoms with Crippen molar-refractivity contribution in [2.75, 3.05) is 11.0 Å². The molecular weight excluding hydrogens is 468 g/mol. The highest BCUT2D eigenvalue weighted by molar-refractivity contribution is 7.92. The van der Waals surface area contributed by atoms with Gasteiger partial charge in [-0.1, -0.05) is 0 Å². The molecule has 0 saturated carbocycles. The van der Waals surface area contributed by atoms with Crippen molar-refractivity contribution < 1.29 is 21.9 Å². The fraction of sp³-hybridized carbons (Fsp3) is 0.143. The minimum Gasteiger partial charge on any atom is -0.432 e. The number of sulfonamides is 1. The Bertz CT molecular complexity index is 1650. The molecule has 0 radical (unpaired) electrons. The van der Waals surface area contributed by atoms with E-state index in [4.69, 9.17) is 4.74 Å². The van der Waals surface area contributed by atoms with Gasteiger partial charge >= 0.3 is 6.61 Å². The van der Waals surface area contributed by atoms with E-state index in [1.165, 1.54) is 22.9 Å². The topological polar surface area (TPSA) is 116 Å². The lowest BCUT2D eigenvalue weighted by atomic mass is 10.1. The van der Waals surface area contributed by atoms with Crippen LogP contribution in [0.4, 0.5) is 14.5 Å². The van der Waals surface area contributed by atoms with Crippen molar-refractivity contribution in [1.29, 1.82) is 0 Å². The summed E-state index contributed by atoms with van der Waals surface area (Å²) < 4.78 is 59.6. The molecule has 0 bridgehead atoms. The lowest BCUT2D eigenvalue weighted by Crippen LogP contribution is -2.11. The Labute approximate surface area is 191 Å². The van der Waals surface area contributed by atoms with E-state index in [1.807, 2.05) is 0 Å². The molecule has 5 rings (SSSR count). The van der Waals surface area contributed by atoms with Crippen LogP contribution in [0.5, 0.6) is 5.75 Å². The van der Waals surface area contributed by atoms with Crippen molar-refractivity contribution in [3.8, 4) is 22.7 Å². The molecule has 0 amide bonds. The maximum Gasteiger partial charge on any atom is 0.387 e. The van der Waals surface area contributed by atoms with Gasteiger partial charge in [-0.3, -0.25) is 9.71 Å². The van der Waals surface area contributed by atoms with E-state index in [0.717, 1.165) is 6.26 Å². The number of nitrogens with zero attached hydrogens (tertiary/aromatic N) is 6. The van der Waals surface area contributed by atoms with Crippen LogP contribution >= 0.6 is 0 Å². The standard InChI is InChI=1S/C21H17F2N7O3S/c1-12-14-10-25-16(15-11-26-29-7-3-6-24-20(15)29)9-18(14)30(27-12)17-5-4-13(28-34(2,31)32)8-19(17)33-21(22)23/h3-11,21,28H,1-2H3. The first-order chi connectivity index (χ1) is 16.2. The molecule has 34 heavy (non-hydrogen) atoms. The largest absolute Gasteiger partial charge is 0.432 e. The monoisotopic (exact) mass is 485 g/mol. The number of aryl methyl sites for hydroxylation is 1. The molecule has 0 saturated heterocycles. The summed E-state index contributed by atoms with van der Waals surface area (Å²) in [7, 11) is -3.62. The second-order valence-electron chi connectivity index (χ2n) is 7.47. The van der Waals surface area contributed by atoms with E-state index < -0.39 is 16.6 Å². The Hall–Kier alpha value is -4.13. The minimum atomic E-state index is -3.62. The fourth-order valence-corrected chi connectivity index (χ4v) is 4.21. The van der Waals surface area contributed by atoms with Crippen LogP contribution in [-0.4, -0.2) is 50.6 Å². The van der Waals surface area contributed by atoms with Gasteiger partial charge in [-0.2, -0.15) is 19.0 Å². The minimum absolute atomic E-state index is 0.0786. The van der Waals surface area contributed by atoms with E-state index in [2.05, 4.69) is 24.9 Å². The number of ether oxygens (including phenoxy) is 1. The normalized spacial score (nSPS) is 12.0. The number of rotatable bonds is 6. The lowest BCUT2D eigenvalue weighted by molar-refractivity contribution is -0.0498.